The van der Waals surface area contributed by atoms with Crippen LogP contribution in [0.1, 0.15) is 30.6 Å². The molecule has 1 N–H and O–H groups in total. The maximum Gasteiger partial charge on any atom is 0.232 e. The molecule has 2 fully saturated rings. The number of nitrogens with one attached hydrogen (secondary N) is 1. The van der Waals surface area contributed by atoms with E-state index in [1.54, 1.807) is 0 Å². The van der Waals surface area contributed by atoms with Gasteiger partial charge in [-0.15, -0.1) is 0 Å². The highest BCUT2D eigenvalue weighted by molar-refractivity contribution is 5.86. The summed E-state index contributed by atoms with van der Waals surface area (Å²) in [5.74, 6) is 2.11. The molecule has 3 heterocycles. The molecule has 3 aromatic carbocycles. The van der Waals surface area contributed by atoms with Gasteiger partial charge < -0.3 is 14.3 Å². The molecule has 2 aromatic heterocycles. The molecule has 7 rings (SSSR count). The lowest BCUT2D eigenvalue weighted by Gasteiger charge is -2.40. The third kappa shape index (κ3) is 4.51. The number of piperazine rings is 1. The number of benzene rings is 3. The van der Waals surface area contributed by atoms with Gasteiger partial charge in [-0.1, -0.05) is 48.5 Å². The standard InChI is InChI=1S/C30H29N5O2/c36-29(16-28-32-24-7-3-4-8-27(24)37-28)35-14-13-34(18-20-9-10-20)19-26(35)30-31-17-25(33-30)23-12-11-21-5-1-2-6-22(21)15-23/h1-8,11-12,15,17,20,26H,9-10,13-14,16,18-19H2,(H,31,33). The van der Waals surface area contributed by atoms with Crippen molar-refractivity contribution in [3.8, 4) is 11.3 Å². The van der Waals surface area contributed by atoms with Crippen LogP contribution in [0.15, 0.2) is 77.3 Å². The minimum atomic E-state index is -0.140. The molecule has 1 aliphatic carbocycles. The van der Waals surface area contributed by atoms with Crippen LogP contribution in [0.2, 0.25) is 0 Å². The maximum atomic E-state index is 13.6. The van der Waals surface area contributed by atoms with Gasteiger partial charge in [-0.05, 0) is 47.7 Å². The lowest BCUT2D eigenvalue weighted by atomic mass is 10.1. The first-order valence-corrected chi connectivity index (χ1v) is 13.1. The van der Waals surface area contributed by atoms with Crippen molar-refractivity contribution in [3.63, 3.8) is 0 Å². The molecule has 5 aromatic rings. The Morgan fingerprint density at radius 1 is 1.00 bits per heavy atom. The summed E-state index contributed by atoms with van der Waals surface area (Å²) in [5.41, 5.74) is 3.54. The highest BCUT2D eigenvalue weighted by Crippen LogP contribution is 2.33. The van der Waals surface area contributed by atoms with Crippen LogP contribution in [0.25, 0.3) is 33.1 Å². The molecule has 1 aliphatic heterocycles. The van der Waals surface area contributed by atoms with E-state index in [0.717, 1.165) is 48.2 Å². The van der Waals surface area contributed by atoms with Crippen molar-refractivity contribution < 1.29 is 9.21 Å². The number of aromatic amines is 1. The number of imidazole rings is 1. The van der Waals surface area contributed by atoms with Crippen LogP contribution in [0.4, 0.5) is 0 Å². The molecule has 0 bridgehead atoms. The Labute approximate surface area is 215 Å². The Bertz CT molecular complexity index is 1550. The molecule has 37 heavy (non-hydrogen) atoms. The maximum absolute atomic E-state index is 13.6. The van der Waals surface area contributed by atoms with Crippen LogP contribution in [0, 0.1) is 5.92 Å². The van der Waals surface area contributed by atoms with Gasteiger partial charge in [-0.3, -0.25) is 9.69 Å². The lowest BCUT2D eigenvalue weighted by molar-refractivity contribution is -0.136. The summed E-state index contributed by atoms with van der Waals surface area (Å²) in [4.78, 5) is 30.9. The predicted octanol–water partition coefficient (Wildman–Crippen LogP) is 5.21. The van der Waals surface area contributed by atoms with Gasteiger partial charge in [0.25, 0.3) is 0 Å². The number of H-pyrrole nitrogens is 1. The van der Waals surface area contributed by atoms with Crippen LogP contribution in [0.5, 0.6) is 0 Å². The molecule has 0 radical (unpaired) electrons. The summed E-state index contributed by atoms with van der Waals surface area (Å²) in [5, 5.41) is 2.41. The molecular formula is C30H29N5O2. The lowest BCUT2D eigenvalue weighted by Crippen LogP contribution is -2.51. The first kappa shape index (κ1) is 22.2. The van der Waals surface area contributed by atoms with Crippen molar-refractivity contribution in [2.45, 2.75) is 25.3 Å². The Kier molecular flexibility index (Phi) is 5.51. The van der Waals surface area contributed by atoms with E-state index in [0.29, 0.717) is 18.0 Å². The molecule has 1 amide bonds. The molecule has 0 spiro atoms. The van der Waals surface area contributed by atoms with Crippen LogP contribution >= 0.6 is 0 Å². The van der Waals surface area contributed by atoms with Gasteiger partial charge in [-0.25, -0.2) is 9.97 Å². The van der Waals surface area contributed by atoms with Gasteiger partial charge >= 0.3 is 0 Å². The van der Waals surface area contributed by atoms with Gasteiger partial charge in [0.15, 0.2) is 5.58 Å². The number of oxazole rings is 1. The fourth-order valence-corrected chi connectivity index (χ4v) is 5.44. The zero-order valence-electron chi connectivity index (χ0n) is 20.6. The summed E-state index contributed by atoms with van der Waals surface area (Å²) in [6.45, 7) is 3.43. The number of hydrogen-bond acceptors (Lipinski definition) is 5. The summed E-state index contributed by atoms with van der Waals surface area (Å²) in [6.07, 6.45) is 4.66. The molecule has 1 saturated heterocycles. The second kappa shape index (κ2) is 9.16. The molecule has 186 valence electrons. The van der Waals surface area contributed by atoms with Gasteiger partial charge in [0.1, 0.15) is 23.8 Å². The highest BCUT2D eigenvalue weighted by Gasteiger charge is 2.36. The van der Waals surface area contributed by atoms with Crippen molar-refractivity contribution in [2.75, 3.05) is 26.2 Å². The third-order valence-corrected chi connectivity index (χ3v) is 7.61. The number of aromatic nitrogens is 3. The molecule has 1 unspecified atom stereocenters. The molecule has 2 aliphatic rings. The van der Waals surface area contributed by atoms with Crippen molar-refractivity contribution >= 4 is 27.8 Å². The number of carbonyl (C=O) groups is 1. The van der Waals surface area contributed by atoms with Crippen molar-refractivity contribution in [1.82, 2.24) is 24.8 Å². The monoisotopic (exact) mass is 491 g/mol. The van der Waals surface area contributed by atoms with E-state index in [1.807, 2.05) is 35.4 Å². The second-order valence-electron chi connectivity index (χ2n) is 10.3. The van der Waals surface area contributed by atoms with Crippen molar-refractivity contribution in [1.29, 1.82) is 0 Å². The number of amides is 1. The zero-order chi connectivity index (χ0) is 24.8. The van der Waals surface area contributed by atoms with E-state index >= 15 is 0 Å². The molecular weight excluding hydrogens is 462 g/mol. The summed E-state index contributed by atoms with van der Waals surface area (Å²) in [7, 11) is 0. The van der Waals surface area contributed by atoms with Crippen LogP contribution in [-0.4, -0.2) is 56.8 Å². The number of carbonyl (C=O) groups excluding carboxylic acids is 1. The highest BCUT2D eigenvalue weighted by atomic mass is 16.3. The normalized spacial score (nSPS) is 18.6. The third-order valence-electron chi connectivity index (χ3n) is 7.61. The topological polar surface area (TPSA) is 78.3 Å². The smallest absolute Gasteiger partial charge is 0.232 e. The predicted molar refractivity (Wildman–Crippen MR) is 143 cm³/mol. The minimum Gasteiger partial charge on any atom is -0.440 e. The largest absolute Gasteiger partial charge is 0.440 e. The molecule has 7 nitrogen and oxygen atoms in total. The van der Waals surface area contributed by atoms with E-state index in [2.05, 4.69) is 57.3 Å². The van der Waals surface area contributed by atoms with Crippen LogP contribution < -0.4 is 0 Å². The Morgan fingerprint density at radius 2 is 1.84 bits per heavy atom. The van der Waals surface area contributed by atoms with Crippen molar-refractivity contribution in [3.05, 3.63) is 84.6 Å². The van der Waals surface area contributed by atoms with E-state index in [4.69, 9.17) is 9.40 Å². The van der Waals surface area contributed by atoms with Gasteiger partial charge in [0, 0.05) is 31.7 Å². The first-order chi connectivity index (χ1) is 18.2. The van der Waals surface area contributed by atoms with Crippen molar-refractivity contribution in [2.24, 2.45) is 5.92 Å². The molecule has 1 saturated carbocycles. The molecule has 7 heteroatoms. The fourth-order valence-electron chi connectivity index (χ4n) is 5.44. The van der Waals surface area contributed by atoms with E-state index < -0.39 is 0 Å². The number of nitrogens with zero attached hydrogens (tertiary/aromatic N) is 4. The van der Waals surface area contributed by atoms with E-state index in [1.165, 1.54) is 23.6 Å². The SMILES string of the molecule is O=C(Cc1nc2ccccc2o1)N1CCN(CC2CC2)CC1c1ncc(-c2ccc3ccccc3c2)[nH]1. The van der Waals surface area contributed by atoms with E-state index in [9.17, 15) is 4.79 Å². The zero-order valence-corrected chi connectivity index (χ0v) is 20.6. The first-order valence-electron chi connectivity index (χ1n) is 13.1. The Balaban J connectivity index is 1.16. The summed E-state index contributed by atoms with van der Waals surface area (Å²) < 4.78 is 5.86. The number of hydrogen-bond donors (Lipinski definition) is 1. The minimum absolute atomic E-state index is 0.0197. The summed E-state index contributed by atoms with van der Waals surface area (Å²) >= 11 is 0. The summed E-state index contributed by atoms with van der Waals surface area (Å²) in [6, 6.07) is 22.3. The fraction of sp³-hybridized carbons (Fsp3) is 0.300. The Hall–Kier alpha value is -3.97. The second-order valence-corrected chi connectivity index (χ2v) is 10.3. The van der Waals surface area contributed by atoms with Gasteiger partial charge in [0.2, 0.25) is 11.8 Å². The number of fused-ring (bicyclic) bond motifs is 2. The average Bonchev–Trinajstić information content (AvgIpc) is 3.44. The average molecular weight is 492 g/mol. The van der Waals surface area contributed by atoms with Crippen LogP contribution in [0.3, 0.4) is 0 Å². The van der Waals surface area contributed by atoms with E-state index in [-0.39, 0.29) is 18.4 Å². The number of para-hydroxylation sites is 2. The molecule has 1 atom stereocenters. The van der Waals surface area contributed by atoms with Crippen LogP contribution in [-0.2, 0) is 11.2 Å². The quantitative estimate of drug-likeness (QED) is 0.353. The van der Waals surface area contributed by atoms with Gasteiger partial charge in [0.05, 0.1) is 11.9 Å². The Morgan fingerprint density at radius 3 is 2.70 bits per heavy atom. The van der Waals surface area contributed by atoms with Gasteiger partial charge in [-0.2, -0.15) is 0 Å². The number of rotatable bonds is 6.